The van der Waals surface area contributed by atoms with Crippen molar-refractivity contribution in [2.75, 3.05) is 12.4 Å². The highest BCUT2D eigenvalue weighted by molar-refractivity contribution is 6.34. The minimum atomic E-state index is 0.504. The van der Waals surface area contributed by atoms with Crippen molar-refractivity contribution in [2.24, 2.45) is 0 Å². The highest BCUT2D eigenvalue weighted by Gasteiger charge is 2.17. The van der Waals surface area contributed by atoms with Crippen molar-refractivity contribution in [3.63, 3.8) is 0 Å². The molecule has 188 valence electrons. The van der Waals surface area contributed by atoms with Crippen molar-refractivity contribution in [1.82, 2.24) is 9.78 Å². The summed E-state index contributed by atoms with van der Waals surface area (Å²) < 4.78 is 7.37. The molecule has 2 aromatic carbocycles. The van der Waals surface area contributed by atoms with Gasteiger partial charge in [-0.3, -0.25) is 9.48 Å². The van der Waals surface area contributed by atoms with Gasteiger partial charge in [-0.05, 0) is 49.6 Å². The first kappa shape index (κ1) is 29.8. The number of hydrogen-bond acceptors (Lipinski definition) is 3. The lowest BCUT2D eigenvalue weighted by atomic mass is 9.96. The maximum absolute atomic E-state index is 10.6. The third-order valence-electron chi connectivity index (χ3n) is 5.01. The van der Waals surface area contributed by atoms with Gasteiger partial charge in [0.05, 0.1) is 24.4 Å². The lowest BCUT2D eigenvalue weighted by Crippen LogP contribution is -2.12. The van der Waals surface area contributed by atoms with Crippen LogP contribution in [0.15, 0.2) is 36.5 Å². The number of halogens is 2. The van der Waals surface area contributed by atoms with E-state index in [1.165, 1.54) is 38.5 Å². The standard InChI is InChI=1S/C15H19N3O2.C7H6Cl2.C3H8.C2H6/c1-20-15-8-13-11(7-14(15)16-10-19)9-18(17-13)12-5-3-2-4-6-12;1-5-2-6(8)4-7(9)3-5;1-3-2;1-2/h7-10,12H,2-6H2,1H3,(H,16,19);2-4H,1H3;3H2,1-2H3;1-2H3. The second-order valence-electron chi connectivity index (χ2n) is 7.93. The molecule has 0 atom stereocenters. The number of hydrogen-bond donors (Lipinski definition) is 1. The van der Waals surface area contributed by atoms with Crippen molar-refractivity contribution in [2.45, 2.75) is 79.2 Å². The predicted molar refractivity (Wildman–Crippen MR) is 147 cm³/mol. The largest absolute Gasteiger partial charge is 0.494 e. The van der Waals surface area contributed by atoms with Crippen LogP contribution in [0, 0.1) is 6.92 Å². The van der Waals surface area contributed by atoms with Gasteiger partial charge in [0.25, 0.3) is 0 Å². The number of fused-ring (bicyclic) bond motifs is 1. The van der Waals surface area contributed by atoms with Gasteiger partial charge in [0.2, 0.25) is 6.41 Å². The summed E-state index contributed by atoms with van der Waals surface area (Å²) in [4.78, 5) is 10.6. The number of aromatic nitrogens is 2. The summed E-state index contributed by atoms with van der Waals surface area (Å²) in [5.41, 5.74) is 2.68. The van der Waals surface area contributed by atoms with Crippen LogP contribution in [0.1, 0.15) is 77.8 Å². The topological polar surface area (TPSA) is 56.1 Å². The Morgan fingerprint density at radius 2 is 1.65 bits per heavy atom. The van der Waals surface area contributed by atoms with Crippen LogP contribution >= 0.6 is 23.2 Å². The van der Waals surface area contributed by atoms with Crippen LogP contribution in [-0.2, 0) is 4.79 Å². The van der Waals surface area contributed by atoms with Crippen LogP contribution in [0.4, 0.5) is 5.69 Å². The minimum absolute atomic E-state index is 0.504. The Labute approximate surface area is 214 Å². The van der Waals surface area contributed by atoms with Crippen LogP contribution in [0.25, 0.3) is 10.9 Å². The van der Waals surface area contributed by atoms with E-state index in [0.717, 1.165) is 16.5 Å². The minimum Gasteiger partial charge on any atom is -0.494 e. The van der Waals surface area contributed by atoms with E-state index in [4.69, 9.17) is 27.9 Å². The van der Waals surface area contributed by atoms with Gasteiger partial charge in [-0.2, -0.15) is 5.10 Å². The molecular weight excluding hydrogens is 469 g/mol. The average Bonchev–Trinajstić information content (AvgIpc) is 3.24. The molecule has 1 aliphatic rings. The van der Waals surface area contributed by atoms with Crippen LogP contribution in [-0.4, -0.2) is 23.3 Å². The molecule has 34 heavy (non-hydrogen) atoms. The van der Waals surface area contributed by atoms with Gasteiger partial charge in [-0.15, -0.1) is 0 Å². The Morgan fingerprint density at radius 1 is 1.06 bits per heavy atom. The molecule has 1 aliphatic carbocycles. The molecule has 1 aromatic heterocycles. The van der Waals surface area contributed by atoms with E-state index in [1.807, 2.05) is 45.0 Å². The number of amides is 1. The third kappa shape index (κ3) is 9.55. The zero-order chi connectivity index (χ0) is 25.5. The Bertz CT molecular complexity index is 948. The first-order valence-corrected chi connectivity index (χ1v) is 12.9. The molecule has 0 unspecified atom stereocenters. The number of anilines is 1. The number of nitrogens with one attached hydrogen (secondary N) is 1. The predicted octanol–water partition coefficient (Wildman–Crippen LogP) is 8.86. The molecule has 0 bridgehead atoms. The summed E-state index contributed by atoms with van der Waals surface area (Å²) >= 11 is 11.3. The van der Waals surface area contributed by atoms with Gasteiger partial charge in [0, 0.05) is 27.7 Å². The summed E-state index contributed by atoms with van der Waals surface area (Å²) in [7, 11) is 1.59. The number of rotatable bonds is 4. The Hall–Kier alpha value is -2.24. The van der Waals surface area contributed by atoms with Crippen LogP contribution in [0.2, 0.25) is 10.0 Å². The van der Waals surface area contributed by atoms with Crippen molar-refractivity contribution in [3.8, 4) is 5.75 Å². The number of nitrogens with zero attached hydrogens (tertiary/aromatic N) is 2. The maximum Gasteiger partial charge on any atom is 0.211 e. The summed E-state index contributed by atoms with van der Waals surface area (Å²) in [5.74, 6) is 0.637. The van der Waals surface area contributed by atoms with Gasteiger partial charge in [-0.25, -0.2) is 0 Å². The second kappa shape index (κ2) is 16.4. The number of methoxy groups -OCH3 is 1. The summed E-state index contributed by atoms with van der Waals surface area (Å²) in [6.45, 7) is 10.2. The van der Waals surface area contributed by atoms with Gasteiger partial charge in [0.1, 0.15) is 5.75 Å². The molecule has 1 heterocycles. The molecular formula is C27H39Cl2N3O2. The van der Waals surface area contributed by atoms with Crippen molar-refractivity contribution < 1.29 is 9.53 Å². The summed E-state index contributed by atoms with van der Waals surface area (Å²) in [6.07, 6.45) is 10.3. The molecule has 1 N–H and O–H groups in total. The summed E-state index contributed by atoms with van der Waals surface area (Å²) in [6, 6.07) is 9.75. The molecule has 1 saturated carbocycles. The third-order valence-corrected chi connectivity index (χ3v) is 5.45. The zero-order valence-corrected chi connectivity index (χ0v) is 22.8. The first-order chi connectivity index (χ1) is 16.4. The normalized spacial score (nSPS) is 12.8. The molecule has 1 fully saturated rings. The number of carbonyl (C=O) groups excluding carboxylic acids is 1. The highest BCUT2D eigenvalue weighted by Crippen LogP contribution is 2.32. The fraction of sp³-hybridized carbons (Fsp3) is 0.481. The van der Waals surface area contributed by atoms with E-state index in [2.05, 4.69) is 35.1 Å². The fourth-order valence-corrected chi connectivity index (χ4v) is 4.28. The number of carbonyl (C=O) groups is 1. The molecule has 0 aliphatic heterocycles. The molecule has 3 aromatic rings. The molecule has 5 nitrogen and oxygen atoms in total. The molecule has 0 saturated heterocycles. The summed E-state index contributed by atoms with van der Waals surface area (Å²) in [5, 5.41) is 9.75. The average molecular weight is 509 g/mol. The quantitative estimate of drug-likeness (QED) is 0.358. The van der Waals surface area contributed by atoms with Crippen LogP contribution in [0.3, 0.4) is 0 Å². The van der Waals surface area contributed by atoms with Crippen LogP contribution in [0.5, 0.6) is 5.75 Å². The Kier molecular flexibility index (Phi) is 14.4. The van der Waals surface area contributed by atoms with Crippen molar-refractivity contribution >= 4 is 46.2 Å². The Balaban J connectivity index is 0.000000345. The van der Waals surface area contributed by atoms with Gasteiger partial charge < -0.3 is 10.1 Å². The monoisotopic (exact) mass is 507 g/mol. The molecule has 1 amide bonds. The van der Waals surface area contributed by atoms with E-state index in [-0.39, 0.29) is 0 Å². The number of benzene rings is 2. The maximum atomic E-state index is 10.6. The van der Waals surface area contributed by atoms with Crippen LogP contribution < -0.4 is 10.1 Å². The lowest BCUT2D eigenvalue weighted by molar-refractivity contribution is -0.105. The number of ether oxygens (including phenoxy) is 1. The van der Waals surface area contributed by atoms with E-state index < -0.39 is 0 Å². The lowest BCUT2D eigenvalue weighted by Gasteiger charge is -2.21. The first-order valence-electron chi connectivity index (χ1n) is 12.1. The van der Waals surface area contributed by atoms with Crippen molar-refractivity contribution in [3.05, 3.63) is 52.1 Å². The van der Waals surface area contributed by atoms with E-state index in [0.29, 0.717) is 33.9 Å². The second-order valence-corrected chi connectivity index (χ2v) is 8.80. The van der Waals surface area contributed by atoms with Gasteiger partial charge >= 0.3 is 0 Å². The van der Waals surface area contributed by atoms with Gasteiger partial charge in [-0.1, -0.05) is 76.6 Å². The molecule has 0 radical (unpaired) electrons. The van der Waals surface area contributed by atoms with E-state index in [9.17, 15) is 4.79 Å². The Morgan fingerprint density at radius 3 is 2.15 bits per heavy atom. The SMILES string of the molecule is CC.CCC.COc1cc2nn(C3CCCCC3)cc2cc1NC=O.Cc1cc(Cl)cc(Cl)c1. The van der Waals surface area contributed by atoms with Crippen molar-refractivity contribution in [1.29, 1.82) is 0 Å². The zero-order valence-electron chi connectivity index (χ0n) is 21.3. The van der Waals surface area contributed by atoms with E-state index >= 15 is 0 Å². The van der Waals surface area contributed by atoms with Gasteiger partial charge in [0.15, 0.2) is 0 Å². The fourth-order valence-electron chi connectivity index (χ4n) is 3.64. The van der Waals surface area contributed by atoms with E-state index in [1.54, 1.807) is 13.2 Å². The molecule has 4 rings (SSSR count). The highest BCUT2D eigenvalue weighted by atomic mass is 35.5. The number of aryl methyl sites for hydroxylation is 1. The molecule has 7 heteroatoms. The smallest absolute Gasteiger partial charge is 0.211 e. The molecule has 0 spiro atoms.